The van der Waals surface area contributed by atoms with Crippen LogP contribution in [0.5, 0.6) is 11.5 Å². The number of aryl methyl sites for hydroxylation is 1. The van der Waals surface area contributed by atoms with E-state index in [2.05, 4.69) is 4.74 Å². The molecule has 0 bridgehead atoms. The van der Waals surface area contributed by atoms with Crippen molar-refractivity contribution in [3.8, 4) is 11.5 Å². The molecule has 0 saturated heterocycles. The van der Waals surface area contributed by atoms with Crippen LogP contribution >= 0.6 is 0 Å². The summed E-state index contributed by atoms with van der Waals surface area (Å²) in [6, 6.07) is 5.68. The Bertz CT molecular complexity index is 405. The number of fused-ring (bicyclic) bond motifs is 1. The Morgan fingerprint density at radius 1 is 1.56 bits per heavy atom. The number of carbonyl (C=O) groups excluding carboxylic acids is 1. The van der Waals surface area contributed by atoms with Gasteiger partial charge in [0, 0.05) is 0 Å². The van der Waals surface area contributed by atoms with Gasteiger partial charge in [-0.2, -0.15) is 0 Å². The quantitative estimate of drug-likeness (QED) is 0.818. The van der Waals surface area contributed by atoms with Gasteiger partial charge < -0.3 is 19.9 Å². The van der Waals surface area contributed by atoms with Crippen LogP contribution in [0.1, 0.15) is 5.56 Å². The normalized spacial score (nSPS) is 17.9. The van der Waals surface area contributed by atoms with Gasteiger partial charge in [0.25, 0.3) is 0 Å². The van der Waals surface area contributed by atoms with Crippen LogP contribution in [0.4, 0.5) is 4.79 Å². The number of hydrogen-bond acceptors (Lipinski definition) is 4. The number of ether oxygens (including phenoxy) is 3. The summed E-state index contributed by atoms with van der Waals surface area (Å²) in [6.07, 6.45) is -1.11. The highest BCUT2D eigenvalue weighted by molar-refractivity contribution is 5.64. The van der Waals surface area contributed by atoms with Gasteiger partial charge in [0.05, 0.1) is 0 Å². The third-order valence-electron chi connectivity index (χ3n) is 2.23. The lowest BCUT2D eigenvalue weighted by Gasteiger charge is -2.26. The molecule has 1 aromatic carbocycles. The van der Waals surface area contributed by atoms with Crippen LogP contribution in [0.15, 0.2) is 18.2 Å². The minimum atomic E-state index is -0.807. The lowest BCUT2D eigenvalue weighted by molar-refractivity contribution is 0.0360. The van der Waals surface area contributed by atoms with Crippen molar-refractivity contribution in [2.45, 2.75) is 13.0 Å². The van der Waals surface area contributed by atoms with E-state index < -0.39 is 6.09 Å². The third kappa shape index (κ3) is 2.36. The molecule has 1 aliphatic heterocycles. The van der Waals surface area contributed by atoms with Crippen molar-refractivity contribution in [3.63, 3.8) is 0 Å². The molecule has 0 aliphatic carbocycles. The van der Waals surface area contributed by atoms with Crippen LogP contribution in [0.2, 0.25) is 0 Å². The fourth-order valence-electron chi connectivity index (χ4n) is 1.48. The van der Waals surface area contributed by atoms with Crippen molar-refractivity contribution in [3.05, 3.63) is 23.8 Å². The lowest BCUT2D eigenvalue weighted by atomic mass is 10.2. The van der Waals surface area contributed by atoms with Crippen LogP contribution in [0, 0.1) is 6.92 Å². The van der Waals surface area contributed by atoms with Crippen LogP contribution in [0.3, 0.4) is 0 Å². The highest BCUT2D eigenvalue weighted by Crippen LogP contribution is 2.32. The Balaban J connectivity index is 2.02. The minimum Gasteiger partial charge on any atom is -0.486 e. The van der Waals surface area contributed by atoms with E-state index in [9.17, 15) is 4.79 Å². The average Bonchev–Trinajstić information content (AvgIpc) is 2.25. The van der Waals surface area contributed by atoms with Gasteiger partial charge in [-0.05, 0) is 24.6 Å². The fraction of sp³-hybridized carbons (Fsp3) is 0.364. The summed E-state index contributed by atoms with van der Waals surface area (Å²) >= 11 is 0. The summed E-state index contributed by atoms with van der Waals surface area (Å²) in [5, 5.41) is 0. The molecule has 86 valence electrons. The molecule has 0 radical (unpaired) electrons. The van der Waals surface area contributed by atoms with Gasteiger partial charge in [-0.1, -0.05) is 6.07 Å². The first-order valence-corrected chi connectivity index (χ1v) is 4.97. The SMILES string of the molecule is Cc1ccc2c(c1)OC(COC(N)=O)CO2. The number of primary amides is 1. The van der Waals surface area contributed by atoms with Gasteiger partial charge in [-0.25, -0.2) is 4.79 Å². The monoisotopic (exact) mass is 223 g/mol. The second kappa shape index (κ2) is 4.30. The molecule has 1 amide bonds. The second-order valence-corrected chi connectivity index (χ2v) is 3.63. The van der Waals surface area contributed by atoms with E-state index in [0.29, 0.717) is 18.1 Å². The van der Waals surface area contributed by atoms with E-state index in [1.54, 1.807) is 0 Å². The van der Waals surface area contributed by atoms with E-state index in [1.165, 1.54) is 0 Å². The number of rotatable bonds is 2. The van der Waals surface area contributed by atoms with E-state index in [0.717, 1.165) is 5.56 Å². The molecular weight excluding hydrogens is 210 g/mol. The average molecular weight is 223 g/mol. The first-order chi connectivity index (χ1) is 7.65. The van der Waals surface area contributed by atoms with E-state index >= 15 is 0 Å². The molecule has 1 aromatic rings. The Morgan fingerprint density at radius 3 is 3.12 bits per heavy atom. The molecule has 16 heavy (non-hydrogen) atoms. The molecule has 5 heteroatoms. The van der Waals surface area contributed by atoms with E-state index in [4.69, 9.17) is 15.2 Å². The molecule has 2 N–H and O–H groups in total. The van der Waals surface area contributed by atoms with E-state index in [1.807, 2.05) is 25.1 Å². The summed E-state index contributed by atoms with van der Waals surface area (Å²) in [6.45, 7) is 2.42. The molecule has 1 aliphatic rings. The first kappa shape index (κ1) is 10.6. The first-order valence-electron chi connectivity index (χ1n) is 4.97. The van der Waals surface area contributed by atoms with Crippen molar-refractivity contribution in [1.82, 2.24) is 0 Å². The number of benzene rings is 1. The minimum absolute atomic E-state index is 0.0999. The Kier molecular flexibility index (Phi) is 2.85. The lowest BCUT2D eigenvalue weighted by Crippen LogP contribution is -2.35. The number of carbonyl (C=O) groups is 1. The summed E-state index contributed by atoms with van der Waals surface area (Å²) in [5.74, 6) is 1.38. The maximum Gasteiger partial charge on any atom is 0.404 e. The molecule has 1 atom stereocenters. The molecule has 0 aromatic heterocycles. The highest BCUT2D eigenvalue weighted by Gasteiger charge is 2.21. The highest BCUT2D eigenvalue weighted by atomic mass is 16.6. The van der Waals surface area contributed by atoms with Crippen LogP contribution < -0.4 is 15.2 Å². The maximum absolute atomic E-state index is 10.4. The van der Waals surface area contributed by atoms with Gasteiger partial charge in [0.1, 0.15) is 13.2 Å². The van der Waals surface area contributed by atoms with Gasteiger partial charge in [-0.15, -0.1) is 0 Å². The molecule has 5 nitrogen and oxygen atoms in total. The molecular formula is C11H13NO4. The van der Waals surface area contributed by atoms with Crippen molar-refractivity contribution < 1.29 is 19.0 Å². The number of hydrogen-bond donors (Lipinski definition) is 1. The van der Waals surface area contributed by atoms with Crippen molar-refractivity contribution in [2.75, 3.05) is 13.2 Å². The van der Waals surface area contributed by atoms with Crippen LogP contribution in [-0.4, -0.2) is 25.4 Å². The van der Waals surface area contributed by atoms with Crippen molar-refractivity contribution in [2.24, 2.45) is 5.73 Å². The second-order valence-electron chi connectivity index (χ2n) is 3.63. The maximum atomic E-state index is 10.4. The zero-order valence-electron chi connectivity index (χ0n) is 8.93. The zero-order chi connectivity index (χ0) is 11.5. The van der Waals surface area contributed by atoms with Crippen LogP contribution in [-0.2, 0) is 4.74 Å². The Hall–Kier alpha value is -1.91. The summed E-state index contributed by atoms with van der Waals surface area (Å²) in [7, 11) is 0. The van der Waals surface area contributed by atoms with Gasteiger partial charge in [0.2, 0.25) is 0 Å². The largest absolute Gasteiger partial charge is 0.486 e. The molecule has 1 heterocycles. The standard InChI is InChI=1S/C11H13NO4/c1-7-2-3-9-10(4-7)16-8(5-14-9)6-15-11(12)13/h2-4,8H,5-6H2,1H3,(H2,12,13). The summed E-state index contributed by atoms with van der Waals surface area (Å²) in [5.41, 5.74) is 5.95. The molecule has 0 saturated carbocycles. The van der Waals surface area contributed by atoms with Crippen molar-refractivity contribution in [1.29, 1.82) is 0 Å². The summed E-state index contributed by atoms with van der Waals surface area (Å²) < 4.78 is 15.7. The van der Waals surface area contributed by atoms with Crippen LogP contribution in [0.25, 0.3) is 0 Å². The fourth-order valence-corrected chi connectivity index (χ4v) is 1.48. The van der Waals surface area contributed by atoms with Crippen molar-refractivity contribution >= 4 is 6.09 Å². The number of amides is 1. The van der Waals surface area contributed by atoms with Gasteiger partial charge in [0.15, 0.2) is 17.6 Å². The van der Waals surface area contributed by atoms with E-state index in [-0.39, 0.29) is 12.7 Å². The van der Waals surface area contributed by atoms with Gasteiger partial charge >= 0.3 is 6.09 Å². The van der Waals surface area contributed by atoms with Gasteiger partial charge in [-0.3, -0.25) is 0 Å². The molecule has 1 unspecified atom stereocenters. The Labute approximate surface area is 93.1 Å². The topological polar surface area (TPSA) is 70.8 Å². The Morgan fingerprint density at radius 2 is 2.38 bits per heavy atom. The summed E-state index contributed by atoms with van der Waals surface area (Å²) in [4.78, 5) is 10.4. The molecule has 0 spiro atoms. The predicted molar refractivity (Wildman–Crippen MR) is 56.6 cm³/mol. The molecule has 2 rings (SSSR count). The predicted octanol–water partition coefficient (Wildman–Crippen LogP) is 1.23. The number of nitrogens with two attached hydrogens (primary N) is 1. The smallest absolute Gasteiger partial charge is 0.404 e. The molecule has 0 fully saturated rings. The zero-order valence-corrected chi connectivity index (χ0v) is 8.93. The third-order valence-corrected chi connectivity index (χ3v) is 2.23.